The zero-order valence-corrected chi connectivity index (χ0v) is 13.8. The molecule has 3 nitrogen and oxygen atoms in total. The number of fused-ring (bicyclic) bond motifs is 1. The van der Waals surface area contributed by atoms with Gasteiger partial charge in [-0.15, -0.1) is 0 Å². The summed E-state index contributed by atoms with van der Waals surface area (Å²) in [6.45, 7) is 4.85. The summed E-state index contributed by atoms with van der Waals surface area (Å²) in [5.74, 6) is 0.151. The van der Waals surface area contributed by atoms with Crippen LogP contribution in [0, 0.1) is 6.92 Å². The lowest BCUT2D eigenvalue weighted by Gasteiger charge is -2.24. The van der Waals surface area contributed by atoms with Gasteiger partial charge in [-0.1, -0.05) is 42.5 Å². The van der Waals surface area contributed by atoms with Crippen LogP contribution in [0.25, 0.3) is 10.9 Å². The van der Waals surface area contributed by atoms with E-state index < -0.39 is 0 Å². The van der Waals surface area contributed by atoms with Gasteiger partial charge in [0.05, 0.1) is 6.04 Å². The Bertz CT molecular complexity index is 834. The molecule has 3 aromatic rings. The number of rotatable bonds is 5. The summed E-state index contributed by atoms with van der Waals surface area (Å²) in [6.07, 6.45) is 1.82. The second-order valence-electron chi connectivity index (χ2n) is 6.13. The lowest BCUT2D eigenvalue weighted by molar-refractivity contribution is 0.0863. The topological polar surface area (TPSA) is 36.1 Å². The molecule has 0 bridgehead atoms. The molecule has 0 aliphatic heterocycles. The van der Waals surface area contributed by atoms with Crippen molar-refractivity contribution < 1.29 is 4.79 Å². The monoisotopic (exact) mass is 306 g/mol. The van der Waals surface area contributed by atoms with Crippen LogP contribution in [0.4, 0.5) is 0 Å². The van der Waals surface area contributed by atoms with Gasteiger partial charge in [0.15, 0.2) is 5.78 Å². The molecule has 2 aromatic carbocycles. The Balaban J connectivity index is 1.80. The van der Waals surface area contributed by atoms with E-state index in [1.165, 1.54) is 11.1 Å². The number of ketones is 1. The molecule has 3 rings (SSSR count). The van der Waals surface area contributed by atoms with Crippen molar-refractivity contribution in [1.29, 1.82) is 0 Å². The zero-order chi connectivity index (χ0) is 16.4. The summed E-state index contributed by atoms with van der Waals surface area (Å²) >= 11 is 0. The molecule has 0 aliphatic carbocycles. The van der Waals surface area contributed by atoms with Crippen LogP contribution >= 0.6 is 0 Å². The minimum absolute atomic E-state index is 0.151. The molecule has 0 saturated heterocycles. The van der Waals surface area contributed by atoms with E-state index in [0.29, 0.717) is 0 Å². The number of hydrogen-bond acceptors (Lipinski definition) is 2. The summed E-state index contributed by atoms with van der Waals surface area (Å²) in [4.78, 5) is 18.2. The van der Waals surface area contributed by atoms with Gasteiger partial charge in [0.2, 0.25) is 0 Å². The molecule has 3 heteroatoms. The van der Waals surface area contributed by atoms with Crippen LogP contribution in [0.15, 0.2) is 54.7 Å². The number of para-hydroxylation sites is 1. The lowest BCUT2D eigenvalue weighted by Crippen LogP contribution is -2.35. The van der Waals surface area contributed by atoms with Gasteiger partial charge >= 0.3 is 0 Å². The van der Waals surface area contributed by atoms with Crippen molar-refractivity contribution in [3.63, 3.8) is 0 Å². The average Bonchev–Trinajstić information content (AvgIpc) is 2.99. The van der Waals surface area contributed by atoms with Crippen LogP contribution < -0.4 is 0 Å². The molecule has 0 unspecified atom stereocenters. The average molecular weight is 306 g/mol. The van der Waals surface area contributed by atoms with E-state index in [9.17, 15) is 4.79 Å². The minimum atomic E-state index is -0.172. The third-order valence-corrected chi connectivity index (χ3v) is 4.58. The summed E-state index contributed by atoms with van der Waals surface area (Å²) in [5, 5.41) is 0.994. The van der Waals surface area contributed by atoms with Gasteiger partial charge in [0.25, 0.3) is 0 Å². The molecule has 1 atom stereocenters. The molecule has 0 aliphatic rings. The van der Waals surface area contributed by atoms with E-state index in [0.717, 1.165) is 23.0 Å². The number of Topliss-reactive ketones (excluding diaryl/α,β-unsaturated/α-hetero) is 1. The van der Waals surface area contributed by atoms with Gasteiger partial charge in [-0.05, 0) is 38.1 Å². The van der Waals surface area contributed by atoms with Crippen molar-refractivity contribution >= 4 is 16.7 Å². The molecule has 1 aromatic heterocycles. The molecule has 1 N–H and O–H groups in total. The Labute approximate surface area is 136 Å². The number of carbonyl (C=O) groups excluding carboxylic acids is 1. The maximum Gasteiger partial charge on any atom is 0.181 e. The Morgan fingerprint density at radius 2 is 1.83 bits per heavy atom. The molecule has 118 valence electrons. The summed E-state index contributed by atoms with van der Waals surface area (Å²) in [6, 6.07) is 16.1. The zero-order valence-electron chi connectivity index (χ0n) is 13.8. The molecule has 0 saturated carbocycles. The maximum absolute atomic E-state index is 12.9. The third kappa shape index (κ3) is 3.06. The van der Waals surface area contributed by atoms with Gasteiger partial charge in [-0.2, -0.15) is 0 Å². The Hall–Kier alpha value is -2.39. The van der Waals surface area contributed by atoms with E-state index in [2.05, 4.69) is 28.9 Å². The number of benzene rings is 2. The SMILES string of the molecule is Cc1ccccc1CN(C)[C@@H](C)C(=O)c1c[nH]c2ccccc12. The van der Waals surface area contributed by atoms with E-state index in [-0.39, 0.29) is 11.8 Å². The Morgan fingerprint density at radius 1 is 1.13 bits per heavy atom. The van der Waals surface area contributed by atoms with E-state index >= 15 is 0 Å². The van der Waals surface area contributed by atoms with Crippen molar-refractivity contribution in [2.45, 2.75) is 26.4 Å². The smallest absolute Gasteiger partial charge is 0.181 e. The molecular formula is C20H22N2O. The van der Waals surface area contributed by atoms with Gasteiger partial charge in [-0.25, -0.2) is 0 Å². The Morgan fingerprint density at radius 3 is 2.61 bits per heavy atom. The first kappa shape index (κ1) is 15.5. The Kier molecular flexibility index (Phi) is 4.30. The fourth-order valence-electron chi connectivity index (χ4n) is 2.89. The van der Waals surface area contributed by atoms with Gasteiger partial charge in [-0.3, -0.25) is 9.69 Å². The molecule has 0 amide bonds. The van der Waals surface area contributed by atoms with Crippen molar-refractivity contribution in [3.05, 3.63) is 71.4 Å². The van der Waals surface area contributed by atoms with Crippen LogP contribution in [0.3, 0.4) is 0 Å². The molecule has 1 heterocycles. The fourth-order valence-corrected chi connectivity index (χ4v) is 2.89. The number of aromatic amines is 1. The lowest BCUT2D eigenvalue weighted by atomic mass is 10.0. The molecule has 23 heavy (non-hydrogen) atoms. The number of carbonyl (C=O) groups is 1. The molecular weight excluding hydrogens is 284 g/mol. The summed E-state index contributed by atoms with van der Waals surface area (Å²) in [7, 11) is 2.00. The molecule has 0 fully saturated rings. The number of aromatic nitrogens is 1. The van der Waals surface area contributed by atoms with Gasteiger partial charge in [0, 0.05) is 29.2 Å². The predicted octanol–water partition coefficient (Wildman–Crippen LogP) is 4.18. The first-order valence-corrected chi connectivity index (χ1v) is 7.93. The first-order valence-electron chi connectivity index (χ1n) is 7.93. The number of nitrogens with zero attached hydrogens (tertiary/aromatic N) is 1. The largest absolute Gasteiger partial charge is 0.360 e. The van der Waals surface area contributed by atoms with Crippen LogP contribution in [0.5, 0.6) is 0 Å². The maximum atomic E-state index is 12.9. The highest BCUT2D eigenvalue weighted by Gasteiger charge is 2.22. The van der Waals surface area contributed by atoms with Crippen molar-refractivity contribution in [2.75, 3.05) is 7.05 Å². The number of nitrogens with one attached hydrogen (secondary N) is 1. The van der Waals surface area contributed by atoms with E-state index in [1.807, 2.05) is 56.6 Å². The van der Waals surface area contributed by atoms with E-state index in [4.69, 9.17) is 0 Å². The quantitative estimate of drug-likeness (QED) is 0.718. The minimum Gasteiger partial charge on any atom is -0.360 e. The van der Waals surface area contributed by atoms with Gasteiger partial charge in [0.1, 0.15) is 0 Å². The highest BCUT2D eigenvalue weighted by Crippen LogP contribution is 2.21. The number of likely N-dealkylation sites (N-methyl/N-ethyl adjacent to an activating group) is 1. The fraction of sp³-hybridized carbons (Fsp3) is 0.250. The first-order chi connectivity index (χ1) is 11.1. The van der Waals surface area contributed by atoms with Crippen molar-refractivity contribution in [2.24, 2.45) is 0 Å². The molecule has 0 spiro atoms. The summed E-state index contributed by atoms with van der Waals surface area (Å²) < 4.78 is 0. The van der Waals surface area contributed by atoms with Crippen molar-refractivity contribution in [1.82, 2.24) is 9.88 Å². The molecule has 0 radical (unpaired) electrons. The standard InChI is InChI=1S/C20H22N2O/c1-14-8-4-5-9-16(14)13-22(3)15(2)20(23)18-12-21-19-11-7-6-10-17(18)19/h4-12,15,21H,13H2,1-3H3/t15-/m0/s1. The van der Waals surface area contributed by atoms with Crippen LogP contribution in [-0.2, 0) is 6.54 Å². The number of H-pyrrole nitrogens is 1. The van der Waals surface area contributed by atoms with Crippen molar-refractivity contribution in [3.8, 4) is 0 Å². The predicted molar refractivity (Wildman–Crippen MR) is 94.7 cm³/mol. The third-order valence-electron chi connectivity index (χ3n) is 4.58. The van der Waals surface area contributed by atoms with Crippen LogP contribution in [0.1, 0.15) is 28.4 Å². The number of hydrogen-bond donors (Lipinski definition) is 1. The van der Waals surface area contributed by atoms with Crippen LogP contribution in [-0.4, -0.2) is 28.8 Å². The highest BCUT2D eigenvalue weighted by molar-refractivity contribution is 6.10. The van der Waals surface area contributed by atoms with Gasteiger partial charge < -0.3 is 4.98 Å². The second kappa shape index (κ2) is 6.39. The second-order valence-corrected chi connectivity index (χ2v) is 6.13. The number of aryl methyl sites for hydroxylation is 1. The normalized spacial score (nSPS) is 12.7. The van der Waals surface area contributed by atoms with Crippen LogP contribution in [0.2, 0.25) is 0 Å². The summed E-state index contributed by atoms with van der Waals surface area (Å²) in [5.41, 5.74) is 4.29. The van der Waals surface area contributed by atoms with E-state index in [1.54, 1.807) is 0 Å². The highest BCUT2D eigenvalue weighted by atomic mass is 16.1.